The monoisotopic (exact) mass is 491 g/mol. The highest BCUT2D eigenvalue weighted by molar-refractivity contribution is 7.12. The van der Waals surface area contributed by atoms with E-state index < -0.39 is 6.04 Å². The van der Waals surface area contributed by atoms with Gasteiger partial charge in [-0.25, -0.2) is 4.98 Å². The number of nitrogens with zero attached hydrogens (tertiary/aromatic N) is 2. The highest BCUT2D eigenvalue weighted by Gasteiger charge is 2.21. The van der Waals surface area contributed by atoms with Gasteiger partial charge in [0.25, 0.3) is 0 Å². The Morgan fingerprint density at radius 1 is 1.00 bits per heavy atom. The first kappa shape index (κ1) is 26.4. The Morgan fingerprint density at radius 2 is 1.57 bits per heavy atom. The van der Waals surface area contributed by atoms with Crippen LogP contribution in [0, 0.1) is 24.2 Å². The number of thiazole rings is 1. The van der Waals surface area contributed by atoms with E-state index in [-0.39, 0.29) is 11.7 Å². The van der Waals surface area contributed by atoms with E-state index in [9.17, 15) is 4.79 Å². The van der Waals surface area contributed by atoms with Crippen LogP contribution < -0.4 is 15.2 Å². The van der Waals surface area contributed by atoms with Crippen molar-refractivity contribution in [1.82, 2.24) is 4.98 Å². The lowest BCUT2D eigenvalue weighted by molar-refractivity contribution is -0.123. The van der Waals surface area contributed by atoms with Crippen LogP contribution in [-0.4, -0.2) is 30.0 Å². The maximum atomic E-state index is 12.2. The molecule has 1 unspecified atom stereocenters. The highest BCUT2D eigenvalue weighted by atomic mass is 32.1. The van der Waals surface area contributed by atoms with E-state index in [4.69, 9.17) is 20.5 Å². The molecule has 2 N–H and O–H groups in total. The van der Waals surface area contributed by atoms with Crippen molar-refractivity contribution in [2.24, 2.45) is 11.7 Å². The fraction of sp³-hybridized carbons (Fsp3) is 0.393. The van der Waals surface area contributed by atoms with E-state index in [1.807, 2.05) is 57.2 Å². The number of unbranched alkanes of at least 4 members (excludes halogenated alkanes) is 2. The Bertz CT molecular complexity index is 1130. The molecule has 7 heteroatoms. The third-order valence-electron chi connectivity index (χ3n) is 5.58. The highest BCUT2D eigenvalue weighted by Crippen LogP contribution is 2.30. The average Bonchev–Trinajstić information content (AvgIpc) is 3.23. The summed E-state index contributed by atoms with van der Waals surface area (Å²) in [5, 5.41) is 9.79. The fourth-order valence-electron chi connectivity index (χ4n) is 3.66. The molecule has 0 bridgehead atoms. The molecule has 0 spiro atoms. The predicted molar refractivity (Wildman–Crippen MR) is 140 cm³/mol. The molecule has 0 amide bonds. The van der Waals surface area contributed by atoms with Crippen molar-refractivity contribution in [2.45, 2.75) is 52.5 Å². The SMILES string of the molecule is Cc1nc(-c2ccc(OCCCCCOc3ccc(C#N)cc3)cc2)c(CC(N)C(=O)C(C)C)s1. The number of carbonyl (C=O) groups excluding carboxylic acids is 1. The summed E-state index contributed by atoms with van der Waals surface area (Å²) in [6.07, 6.45) is 3.39. The Hall–Kier alpha value is -3.21. The summed E-state index contributed by atoms with van der Waals surface area (Å²) in [7, 11) is 0. The van der Waals surface area contributed by atoms with Crippen LogP contribution in [0.1, 0.15) is 48.6 Å². The Kier molecular flexibility index (Phi) is 9.83. The van der Waals surface area contributed by atoms with Crippen LogP contribution in [0.15, 0.2) is 48.5 Å². The van der Waals surface area contributed by atoms with Crippen molar-refractivity contribution in [1.29, 1.82) is 5.26 Å². The standard InChI is InChI=1S/C28H33N3O3S/c1-19(2)28(32)25(30)17-26-27(31-20(3)35-26)22-9-13-24(14-10-22)34-16-6-4-5-15-33-23-11-7-21(18-29)8-12-23/h7-14,19,25H,4-6,15-17,30H2,1-3H3. The first-order valence-corrected chi connectivity index (χ1v) is 12.8. The molecular formula is C28H33N3O3S. The van der Waals surface area contributed by atoms with Gasteiger partial charge in [-0.2, -0.15) is 5.26 Å². The molecule has 0 aliphatic carbocycles. The van der Waals surface area contributed by atoms with Gasteiger partial charge in [0.05, 0.1) is 41.6 Å². The van der Waals surface area contributed by atoms with E-state index in [1.165, 1.54) is 0 Å². The number of nitrogens with two attached hydrogens (primary N) is 1. The molecule has 35 heavy (non-hydrogen) atoms. The molecule has 184 valence electrons. The van der Waals surface area contributed by atoms with E-state index >= 15 is 0 Å². The largest absolute Gasteiger partial charge is 0.494 e. The molecule has 6 nitrogen and oxygen atoms in total. The summed E-state index contributed by atoms with van der Waals surface area (Å²) < 4.78 is 11.6. The number of nitriles is 1. The predicted octanol–water partition coefficient (Wildman–Crippen LogP) is 5.71. The van der Waals surface area contributed by atoms with Gasteiger partial charge in [-0.1, -0.05) is 13.8 Å². The number of carbonyl (C=O) groups is 1. The molecular weight excluding hydrogens is 458 g/mol. The number of ether oxygens (including phenoxy) is 2. The summed E-state index contributed by atoms with van der Waals surface area (Å²) in [6, 6.07) is 16.7. The second kappa shape index (κ2) is 13.0. The van der Waals surface area contributed by atoms with Gasteiger partial charge in [0.2, 0.25) is 0 Å². The lowest BCUT2D eigenvalue weighted by Crippen LogP contribution is -2.35. The van der Waals surface area contributed by atoms with Crippen LogP contribution in [0.2, 0.25) is 0 Å². The number of rotatable bonds is 13. The van der Waals surface area contributed by atoms with Gasteiger partial charge in [-0.05, 0) is 74.7 Å². The summed E-state index contributed by atoms with van der Waals surface area (Å²) in [6.45, 7) is 7.02. The van der Waals surface area contributed by atoms with Crippen molar-refractivity contribution < 1.29 is 14.3 Å². The van der Waals surface area contributed by atoms with Gasteiger partial charge in [0.15, 0.2) is 5.78 Å². The second-order valence-corrected chi connectivity index (χ2v) is 10.1. The first-order valence-electron chi connectivity index (χ1n) is 12.0. The number of benzene rings is 2. The second-order valence-electron chi connectivity index (χ2n) is 8.79. The fourth-order valence-corrected chi connectivity index (χ4v) is 4.67. The summed E-state index contributed by atoms with van der Waals surface area (Å²) in [5.74, 6) is 1.61. The zero-order chi connectivity index (χ0) is 25.2. The summed E-state index contributed by atoms with van der Waals surface area (Å²) in [4.78, 5) is 18.0. The Balaban J connectivity index is 1.42. The number of aromatic nitrogens is 1. The van der Waals surface area contributed by atoms with E-state index in [1.54, 1.807) is 23.5 Å². The molecule has 1 aromatic heterocycles. The van der Waals surface area contributed by atoms with Crippen LogP contribution in [0.3, 0.4) is 0 Å². The number of aryl methyl sites for hydroxylation is 1. The van der Waals surface area contributed by atoms with Gasteiger partial charge in [0.1, 0.15) is 11.5 Å². The van der Waals surface area contributed by atoms with Crippen LogP contribution in [-0.2, 0) is 11.2 Å². The van der Waals surface area contributed by atoms with Gasteiger partial charge in [0, 0.05) is 22.8 Å². The molecule has 3 rings (SSSR count). The van der Waals surface area contributed by atoms with Crippen LogP contribution in [0.25, 0.3) is 11.3 Å². The van der Waals surface area contributed by atoms with Crippen LogP contribution >= 0.6 is 11.3 Å². The van der Waals surface area contributed by atoms with E-state index in [0.717, 1.165) is 51.9 Å². The van der Waals surface area contributed by atoms with Crippen molar-refractivity contribution in [3.05, 3.63) is 64.0 Å². The van der Waals surface area contributed by atoms with Gasteiger partial charge >= 0.3 is 0 Å². The third kappa shape index (κ3) is 7.91. The maximum Gasteiger partial charge on any atom is 0.152 e. The molecule has 0 saturated carbocycles. The summed E-state index contributed by atoms with van der Waals surface area (Å²) >= 11 is 1.60. The molecule has 0 fully saturated rings. The average molecular weight is 492 g/mol. The molecule has 2 aromatic carbocycles. The maximum absolute atomic E-state index is 12.2. The smallest absolute Gasteiger partial charge is 0.152 e. The molecule has 0 aliphatic heterocycles. The topological polar surface area (TPSA) is 98.2 Å². The number of hydrogen-bond acceptors (Lipinski definition) is 7. The van der Waals surface area contributed by atoms with Gasteiger partial charge < -0.3 is 15.2 Å². The first-order chi connectivity index (χ1) is 16.9. The molecule has 3 aromatic rings. The third-order valence-corrected chi connectivity index (χ3v) is 6.57. The molecule has 0 saturated heterocycles. The Morgan fingerprint density at radius 3 is 2.11 bits per heavy atom. The minimum absolute atomic E-state index is 0.0750. The molecule has 1 heterocycles. The van der Waals surface area contributed by atoms with Gasteiger partial charge in [-0.3, -0.25) is 4.79 Å². The molecule has 0 radical (unpaired) electrons. The van der Waals surface area contributed by atoms with Crippen molar-refractivity contribution in [2.75, 3.05) is 13.2 Å². The molecule has 1 atom stereocenters. The summed E-state index contributed by atoms with van der Waals surface area (Å²) in [5.41, 5.74) is 8.69. The number of hydrogen-bond donors (Lipinski definition) is 1. The number of Topliss-reactive ketones (excluding diaryl/α,β-unsaturated/α-hetero) is 1. The lowest BCUT2D eigenvalue weighted by Gasteiger charge is -2.13. The van der Waals surface area contributed by atoms with Crippen molar-refractivity contribution in [3.8, 4) is 28.8 Å². The van der Waals surface area contributed by atoms with Crippen LogP contribution in [0.5, 0.6) is 11.5 Å². The normalized spacial score (nSPS) is 11.8. The molecule has 0 aliphatic rings. The van der Waals surface area contributed by atoms with Gasteiger partial charge in [-0.15, -0.1) is 11.3 Å². The Labute approximate surface area is 211 Å². The van der Waals surface area contributed by atoms with Crippen LogP contribution in [0.4, 0.5) is 0 Å². The van der Waals surface area contributed by atoms with Crippen molar-refractivity contribution in [3.63, 3.8) is 0 Å². The lowest BCUT2D eigenvalue weighted by atomic mass is 9.98. The quantitative estimate of drug-likeness (QED) is 0.307. The van der Waals surface area contributed by atoms with E-state index in [2.05, 4.69) is 11.1 Å². The minimum atomic E-state index is -0.509. The zero-order valence-electron chi connectivity index (χ0n) is 20.6. The van der Waals surface area contributed by atoms with E-state index in [0.29, 0.717) is 25.2 Å². The van der Waals surface area contributed by atoms with Crippen molar-refractivity contribution >= 4 is 17.1 Å². The zero-order valence-corrected chi connectivity index (χ0v) is 21.4. The number of ketones is 1. The minimum Gasteiger partial charge on any atom is -0.494 e.